The lowest BCUT2D eigenvalue weighted by atomic mass is 9.85. The fourth-order valence-electron chi connectivity index (χ4n) is 8.30. The molecule has 9 aromatic carbocycles. The van der Waals surface area contributed by atoms with Gasteiger partial charge in [-0.2, -0.15) is 0 Å². The maximum atomic E-state index is 6.72. The van der Waals surface area contributed by atoms with Crippen molar-refractivity contribution in [3.8, 4) is 33.4 Å². The normalized spacial score (nSPS) is 12.0. The molecule has 50 heavy (non-hydrogen) atoms. The molecular formula is C48H28O2. The van der Waals surface area contributed by atoms with Crippen LogP contribution in [0.25, 0.3) is 110 Å². The summed E-state index contributed by atoms with van der Waals surface area (Å²) < 4.78 is 13.4. The van der Waals surface area contributed by atoms with E-state index in [0.29, 0.717) is 0 Å². The molecule has 11 aromatic rings. The molecule has 0 radical (unpaired) electrons. The monoisotopic (exact) mass is 636 g/mol. The largest absolute Gasteiger partial charge is 0.455 e. The van der Waals surface area contributed by atoms with Gasteiger partial charge in [0.15, 0.2) is 0 Å². The Kier molecular flexibility index (Phi) is 5.70. The summed E-state index contributed by atoms with van der Waals surface area (Å²) in [6.45, 7) is 0. The Bertz CT molecular complexity index is 3080. The van der Waals surface area contributed by atoms with E-state index in [2.05, 4.69) is 158 Å². The van der Waals surface area contributed by atoms with Crippen LogP contribution in [0.2, 0.25) is 0 Å². The van der Waals surface area contributed by atoms with Crippen molar-refractivity contribution in [1.82, 2.24) is 0 Å². The van der Waals surface area contributed by atoms with Crippen molar-refractivity contribution in [1.29, 1.82) is 0 Å². The Labute approximate surface area is 287 Å². The summed E-state index contributed by atoms with van der Waals surface area (Å²) in [6, 6.07) is 60.8. The predicted molar refractivity (Wildman–Crippen MR) is 210 cm³/mol. The first-order valence-electron chi connectivity index (χ1n) is 17.1. The number of hydrogen-bond donors (Lipinski definition) is 0. The highest BCUT2D eigenvalue weighted by Gasteiger charge is 2.23. The quantitative estimate of drug-likeness (QED) is 0.180. The van der Waals surface area contributed by atoms with Crippen LogP contribution < -0.4 is 0 Å². The van der Waals surface area contributed by atoms with Gasteiger partial charge in [-0.25, -0.2) is 0 Å². The third-order valence-electron chi connectivity index (χ3n) is 10.4. The molecule has 0 aliphatic rings. The summed E-state index contributed by atoms with van der Waals surface area (Å²) in [7, 11) is 0. The van der Waals surface area contributed by atoms with Crippen LogP contribution in [0.15, 0.2) is 179 Å². The maximum Gasteiger partial charge on any atom is 0.147 e. The van der Waals surface area contributed by atoms with E-state index in [4.69, 9.17) is 8.83 Å². The van der Waals surface area contributed by atoms with Gasteiger partial charge in [0.05, 0.1) is 5.39 Å². The van der Waals surface area contributed by atoms with Gasteiger partial charge in [-0.1, -0.05) is 146 Å². The number of hydrogen-bond acceptors (Lipinski definition) is 2. The Morgan fingerprint density at radius 2 is 0.860 bits per heavy atom. The molecule has 2 heteroatoms. The number of furan rings is 2. The second-order valence-electron chi connectivity index (χ2n) is 13.2. The molecular weight excluding hydrogens is 609 g/mol. The van der Waals surface area contributed by atoms with E-state index in [1.54, 1.807) is 0 Å². The van der Waals surface area contributed by atoms with Crippen LogP contribution in [-0.4, -0.2) is 0 Å². The predicted octanol–water partition coefficient (Wildman–Crippen LogP) is 13.9. The zero-order valence-corrected chi connectivity index (χ0v) is 27.0. The Hall–Kier alpha value is -6.64. The highest BCUT2D eigenvalue weighted by molar-refractivity contribution is 6.29. The lowest BCUT2D eigenvalue weighted by Crippen LogP contribution is -1.91. The average molecular weight is 637 g/mol. The minimum absolute atomic E-state index is 0.841. The van der Waals surface area contributed by atoms with Gasteiger partial charge in [0, 0.05) is 21.7 Å². The molecule has 2 aromatic heterocycles. The molecule has 0 atom stereocenters. The van der Waals surface area contributed by atoms with Crippen LogP contribution in [0.4, 0.5) is 0 Å². The molecule has 0 N–H and O–H groups in total. The Morgan fingerprint density at radius 3 is 1.60 bits per heavy atom. The lowest BCUT2D eigenvalue weighted by Gasteiger charge is -2.18. The smallest absolute Gasteiger partial charge is 0.147 e. The van der Waals surface area contributed by atoms with Gasteiger partial charge in [-0.15, -0.1) is 0 Å². The second kappa shape index (κ2) is 10.4. The third kappa shape index (κ3) is 3.85. The third-order valence-corrected chi connectivity index (χ3v) is 10.4. The van der Waals surface area contributed by atoms with Crippen molar-refractivity contribution in [3.63, 3.8) is 0 Å². The SMILES string of the molecule is c1ccc(-c2c3ccccc3c(-c3cccc(-c4cc5c(oc6ccc7ccccc7c65)c5c4oc4ccccc45)c3)c3ccccc23)cc1. The zero-order chi connectivity index (χ0) is 32.8. The fraction of sp³-hybridized carbons (Fsp3) is 0. The average Bonchev–Trinajstić information content (AvgIpc) is 3.76. The summed E-state index contributed by atoms with van der Waals surface area (Å²) >= 11 is 0. The van der Waals surface area contributed by atoms with Crippen LogP contribution in [0.1, 0.15) is 0 Å². The summed E-state index contributed by atoms with van der Waals surface area (Å²) in [5.41, 5.74) is 10.5. The molecule has 0 saturated heterocycles. The van der Waals surface area contributed by atoms with Crippen molar-refractivity contribution in [2.24, 2.45) is 0 Å². The molecule has 2 heterocycles. The van der Waals surface area contributed by atoms with Gasteiger partial charge in [0.2, 0.25) is 0 Å². The van der Waals surface area contributed by atoms with Crippen molar-refractivity contribution >= 4 is 76.2 Å². The standard InChI is InChI=1S/C48H28O2/c1-2-14-30(15-3-1)43-34-19-6-8-21-36(34)44(37-22-9-7-20-35(37)43)32-17-12-16-31(27-32)39-28-40-45-33-18-5-4-13-29(33)25-26-42(45)50-48(40)46-38-23-10-11-24-41(38)49-47(39)46/h1-28H. The number of para-hydroxylation sites is 1. The van der Waals surface area contributed by atoms with E-state index < -0.39 is 0 Å². The molecule has 2 nitrogen and oxygen atoms in total. The van der Waals surface area contributed by atoms with Gasteiger partial charge >= 0.3 is 0 Å². The number of benzene rings is 9. The molecule has 0 aliphatic heterocycles. The number of fused-ring (bicyclic) bond motifs is 11. The molecule has 0 spiro atoms. The van der Waals surface area contributed by atoms with E-state index in [-0.39, 0.29) is 0 Å². The van der Waals surface area contributed by atoms with Crippen LogP contribution in [0.3, 0.4) is 0 Å². The van der Waals surface area contributed by atoms with Crippen LogP contribution in [0, 0.1) is 0 Å². The molecule has 232 valence electrons. The minimum Gasteiger partial charge on any atom is -0.455 e. The van der Waals surface area contributed by atoms with Crippen molar-refractivity contribution in [3.05, 3.63) is 170 Å². The van der Waals surface area contributed by atoms with E-state index in [9.17, 15) is 0 Å². The van der Waals surface area contributed by atoms with E-state index in [0.717, 1.165) is 55.0 Å². The molecule has 0 saturated carbocycles. The summed E-state index contributed by atoms with van der Waals surface area (Å²) in [4.78, 5) is 0. The fourth-order valence-corrected chi connectivity index (χ4v) is 8.30. The van der Waals surface area contributed by atoms with Crippen LogP contribution in [0.5, 0.6) is 0 Å². The second-order valence-corrected chi connectivity index (χ2v) is 13.2. The van der Waals surface area contributed by atoms with E-state index in [1.165, 1.54) is 54.6 Å². The first-order valence-corrected chi connectivity index (χ1v) is 17.1. The molecule has 0 unspecified atom stereocenters. The molecule has 11 rings (SSSR count). The zero-order valence-electron chi connectivity index (χ0n) is 27.0. The topological polar surface area (TPSA) is 26.3 Å². The van der Waals surface area contributed by atoms with Crippen LogP contribution >= 0.6 is 0 Å². The van der Waals surface area contributed by atoms with Gasteiger partial charge in [-0.3, -0.25) is 0 Å². The minimum atomic E-state index is 0.841. The number of rotatable bonds is 3. The van der Waals surface area contributed by atoms with Gasteiger partial charge in [0.1, 0.15) is 22.3 Å². The van der Waals surface area contributed by atoms with Crippen molar-refractivity contribution in [2.75, 3.05) is 0 Å². The molecule has 0 bridgehead atoms. The van der Waals surface area contributed by atoms with E-state index >= 15 is 0 Å². The summed E-state index contributed by atoms with van der Waals surface area (Å²) in [5, 5.41) is 11.6. The van der Waals surface area contributed by atoms with Gasteiger partial charge in [-0.05, 0) is 84.4 Å². The summed E-state index contributed by atoms with van der Waals surface area (Å²) in [5.74, 6) is 0. The highest BCUT2D eigenvalue weighted by Crippen LogP contribution is 2.48. The molecule has 0 fully saturated rings. The van der Waals surface area contributed by atoms with Crippen molar-refractivity contribution < 1.29 is 8.83 Å². The van der Waals surface area contributed by atoms with Gasteiger partial charge < -0.3 is 8.83 Å². The lowest BCUT2D eigenvalue weighted by molar-refractivity contribution is 0.663. The maximum absolute atomic E-state index is 6.72. The Morgan fingerprint density at radius 1 is 0.300 bits per heavy atom. The van der Waals surface area contributed by atoms with Gasteiger partial charge in [0.25, 0.3) is 0 Å². The van der Waals surface area contributed by atoms with Crippen molar-refractivity contribution in [2.45, 2.75) is 0 Å². The highest BCUT2D eigenvalue weighted by atomic mass is 16.3. The van der Waals surface area contributed by atoms with E-state index in [1.807, 2.05) is 12.1 Å². The van der Waals surface area contributed by atoms with Crippen LogP contribution in [-0.2, 0) is 0 Å². The molecule has 0 aliphatic carbocycles. The first kappa shape index (κ1) is 27.3. The Balaban J connectivity index is 1.24. The molecule has 0 amide bonds. The first-order chi connectivity index (χ1) is 24.8. The summed E-state index contributed by atoms with van der Waals surface area (Å²) in [6.07, 6.45) is 0.